The van der Waals surface area contributed by atoms with Crippen LogP contribution < -0.4 is 5.32 Å². The van der Waals surface area contributed by atoms with Gasteiger partial charge in [-0.25, -0.2) is 0 Å². The highest BCUT2D eigenvalue weighted by Crippen LogP contribution is 2.24. The van der Waals surface area contributed by atoms with Gasteiger partial charge in [0.1, 0.15) is 0 Å². The highest BCUT2D eigenvalue weighted by molar-refractivity contribution is 7.12. The zero-order valence-corrected chi connectivity index (χ0v) is 13.7. The molecule has 0 amide bonds. The van der Waals surface area contributed by atoms with Crippen molar-refractivity contribution < 1.29 is 0 Å². The number of likely N-dealkylation sites (tertiary alicyclic amines) is 1. The molecule has 1 fully saturated rings. The third kappa shape index (κ3) is 4.90. The molecule has 1 saturated heterocycles. The fourth-order valence-electron chi connectivity index (χ4n) is 2.54. The van der Waals surface area contributed by atoms with Crippen LogP contribution in [0.4, 0.5) is 0 Å². The summed E-state index contributed by atoms with van der Waals surface area (Å²) in [5.41, 5.74) is 1.74. The number of hydrogen-bond donors (Lipinski definition) is 1. The first-order valence-corrected chi connectivity index (χ1v) is 8.31. The van der Waals surface area contributed by atoms with Crippen molar-refractivity contribution in [2.75, 3.05) is 13.1 Å². The van der Waals surface area contributed by atoms with Gasteiger partial charge in [0.25, 0.3) is 0 Å². The summed E-state index contributed by atoms with van der Waals surface area (Å²) in [6.07, 6.45) is 4.17. The van der Waals surface area contributed by atoms with Crippen LogP contribution in [0.15, 0.2) is 6.07 Å². The normalized spacial score (nSPS) is 17.9. The van der Waals surface area contributed by atoms with Gasteiger partial charge in [-0.2, -0.15) is 0 Å². The quantitative estimate of drug-likeness (QED) is 0.899. The molecule has 108 valence electrons. The minimum Gasteiger partial charge on any atom is -0.307 e. The fraction of sp³-hybridized carbons (Fsp3) is 0.750. The Bertz CT molecular complexity index is 397. The summed E-state index contributed by atoms with van der Waals surface area (Å²) in [7, 11) is 0. The molecule has 2 rings (SSSR count). The first kappa shape index (κ1) is 15.0. The maximum atomic E-state index is 3.58. The SMILES string of the molecule is Cc1sc(CNC(C)(C)C)cc1CN1CCCCC1. The van der Waals surface area contributed by atoms with Gasteiger partial charge >= 0.3 is 0 Å². The molecule has 0 aliphatic carbocycles. The number of thiophene rings is 1. The maximum absolute atomic E-state index is 3.58. The largest absolute Gasteiger partial charge is 0.307 e. The van der Waals surface area contributed by atoms with Crippen molar-refractivity contribution in [1.82, 2.24) is 10.2 Å². The van der Waals surface area contributed by atoms with Gasteiger partial charge in [-0.1, -0.05) is 6.42 Å². The fourth-order valence-corrected chi connectivity index (χ4v) is 3.54. The molecule has 3 heteroatoms. The Morgan fingerprint density at radius 2 is 1.89 bits per heavy atom. The van der Waals surface area contributed by atoms with Crippen molar-refractivity contribution in [3.63, 3.8) is 0 Å². The average Bonchev–Trinajstić information content (AvgIpc) is 2.68. The smallest absolute Gasteiger partial charge is 0.0304 e. The molecule has 0 saturated carbocycles. The predicted molar refractivity (Wildman–Crippen MR) is 84.8 cm³/mol. The molecular weight excluding hydrogens is 252 g/mol. The Kier molecular flexibility index (Phi) is 5.04. The second-order valence-electron chi connectivity index (χ2n) is 6.73. The van der Waals surface area contributed by atoms with Crippen molar-refractivity contribution >= 4 is 11.3 Å². The lowest BCUT2D eigenvalue weighted by Gasteiger charge is -2.26. The highest BCUT2D eigenvalue weighted by atomic mass is 32.1. The molecule has 0 radical (unpaired) electrons. The van der Waals surface area contributed by atoms with Crippen LogP contribution in [0.25, 0.3) is 0 Å². The number of nitrogens with zero attached hydrogens (tertiary/aromatic N) is 1. The molecule has 2 heterocycles. The van der Waals surface area contributed by atoms with E-state index in [2.05, 4.69) is 44.0 Å². The summed E-state index contributed by atoms with van der Waals surface area (Å²) in [6.45, 7) is 13.7. The molecule has 0 atom stereocenters. The molecular formula is C16H28N2S. The van der Waals surface area contributed by atoms with Crippen LogP contribution in [-0.4, -0.2) is 23.5 Å². The summed E-state index contributed by atoms with van der Waals surface area (Å²) in [6, 6.07) is 2.41. The second kappa shape index (κ2) is 6.38. The van der Waals surface area contributed by atoms with E-state index in [1.807, 2.05) is 11.3 Å². The highest BCUT2D eigenvalue weighted by Gasteiger charge is 2.14. The zero-order chi connectivity index (χ0) is 13.9. The number of piperidine rings is 1. The minimum atomic E-state index is 0.199. The van der Waals surface area contributed by atoms with Gasteiger partial charge in [0.15, 0.2) is 0 Å². The number of rotatable bonds is 4. The zero-order valence-electron chi connectivity index (χ0n) is 12.9. The van der Waals surface area contributed by atoms with Crippen molar-refractivity contribution in [1.29, 1.82) is 0 Å². The Labute approximate surface area is 122 Å². The van der Waals surface area contributed by atoms with E-state index in [1.54, 1.807) is 0 Å². The predicted octanol–water partition coefficient (Wildman–Crippen LogP) is 3.93. The number of nitrogens with one attached hydrogen (secondary N) is 1. The van der Waals surface area contributed by atoms with E-state index < -0.39 is 0 Å². The van der Waals surface area contributed by atoms with Crippen LogP contribution in [0.5, 0.6) is 0 Å². The van der Waals surface area contributed by atoms with E-state index in [0.717, 1.165) is 13.1 Å². The van der Waals surface area contributed by atoms with Gasteiger partial charge in [-0.05, 0) is 65.3 Å². The van der Waals surface area contributed by atoms with E-state index >= 15 is 0 Å². The Morgan fingerprint density at radius 3 is 2.53 bits per heavy atom. The Hall–Kier alpha value is -0.380. The third-order valence-corrected chi connectivity index (χ3v) is 4.80. The van der Waals surface area contributed by atoms with E-state index in [9.17, 15) is 0 Å². The minimum absolute atomic E-state index is 0.199. The topological polar surface area (TPSA) is 15.3 Å². The average molecular weight is 280 g/mol. The monoisotopic (exact) mass is 280 g/mol. The standard InChI is InChI=1S/C16H28N2S/c1-13-14(12-18-8-6-5-7-9-18)10-15(19-13)11-17-16(2,3)4/h10,17H,5-9,11-12H2,1-4H3. The third-order valence-electron chi connectivity index (χ3n) is 3.71. The first-order chi connectivity index (χ1) is 8.94. The van der Waals surface area contributed by atoms with Crippen molar-refractivity contribution in [3.05, 3.63) is 21.4 Å². The molecule has 1 aliphatic heterocycles. The van der Waals surface area contributed by atoms with Crippen LogP contribution in [0.2, 0.25) is 0 Å². The summed E-state index contributed by atoms with van der Waals surface area (Å²) in [5.74, 6) is 0. The van der Waals surface area contributed by atoms with Gasteiger partial charge in [-0.15, -0.1) is 11.3 Å². The molecule has 0 spiro atoms. The Balaban J connectivity index is 1.92. The Morgan fingerprint density at radius 1 is 1.21 bits per heavy atom. The van der Waals surface area contributed by atoms with E-state index in [4.69, 9.17) is 0 Å². The van der Waals surface area contributed by atoms with E-state index in [1.165, 1.54) is 47.7 Å². The molecule has 0 bridgehead atoms. The molecule has 0 unspecified atom stereocenters. The summed E-state index contributed by atoms with van der Waals surface area (Å²) >= 11 is 1.95. The van der Waals surface area contributed by atoms with E-state index in [-0.39, 0.29) is 5.54 Å². The molecule has 1 N–H and O–H groups in total. The molecule has 1 aromatic heterocycles. The van der Waals surface area contributed by atoms with Crippen LogP contribution in [0.1, 0.15) is 55.4 Å². The van der Waals surface area contributed by atoms with Gasteiger partial charge in [-0.3, -0.25) is 4.90 Å². The van der Waals surface area contributed by atoms with Crippen molar-refractivity contribution in [2.45, 2.75) is 65.6 Å². The number of hydrogen-bond acceptors (Lipinski definition) is 3. The summed E-state index contributed by atoms with van der Waals surface area (Å²) in [5, 5.41) is 3.58. The number of aryl methyl sites for hydroxylation is 1. The molecule has 1 aliphatic rings. The van der Waals surface area contributed by atoms with Gasteiger partial charge in [0.05, 0.1) is 0 Å². The molecule has 2 nitrogen and oxygen atoms in total. The van der Waals surface area contributed by atoms with Gasteiger partial charge < -0.3 is 5.32 Å². The second-order valence-corrected chi connectivity index (χ2v) is 8.08. The lowest BCUT2D eigenvalue weighted by atomic mass is 10.1. The van der Waals surface area contributed by atoms with Crippen LogP contribution in [0.3, 0.4) is 0 Å². The van der Waals surface area contributed by atoms with E-state index in [0.29, 0.717) is 0 Å². The first-order valence-electron chi connectivity index (χ1n) is 7.49. The van der Waals surface area contributed by atoms with Crippen LogP contribution >= 0.6 is 11.3 Å². The van der Waals surface area contributed by atoms with Crippen LogP contribution in [0, 0.1) is 6.92 Å². The summed E-state index contributed by atoms with van der Waals surface area (Å²) < 4.78 is 0. The van der Waals surface area contributed by atoms with Crippen LogP contribution in [-0.2, 0) is 13.1 Å². The maximum Gasteiger partial charge on any atom is 0.0304 e. The lowest BCUT2D eigenvalue weighted by Crippen LogP contribution is -2.34. The molecule has 1 aromatic rings. The molecule has 0 aromatic carbocycles. The van der Waals surface area contributed by atoms with Crippen molar-refractivity contribution in [2.24, 2.45) is 0 Å². The summed E-state index contributed by atoms with van der Waals surface area (Å²) in [4.78, 5) is 5.58. The van der Waals surface area contributed by atoms with Crippen molar-refractivity contribution in [3.8, 4) is 0 Å². The lowest BCUT2D eigenvalue weighted by molar-refractivity contribution is 0.221. The van der Waals surface area contributed by atoms with Gasteiger partial charge in [0, 0.05) is 28.4 Å². The molecule has 19 heavy (non-hydrogen) atoms. The van der Waals surface area contributed by atoms with Gasteiger partial charge in [0.2, 0.25) is 0 Å².